The number of anilines is 1. The van der Waals surface area contributed by atoms with E-state index in [1.54, 1.807) is 13.4 Å². The molecule has 31 heavy (non-hydrogen) atoms. The molecule has 8 heteroatoms. The zero-order valence-electron chi connectivity index (χ0n) is 18.1. The zero-order valence-corrected chi connectivity index (χ0v) is 18.1. The van der Waals surface area contributed by atoms with E-state index in [-0.39, 0.29) is 0 Å². The van der Waals surface area contributed by atoms with E-state index in [1.165, 1.54) is 5.69 Å². The number of ether oxygens (including phenoxy) is 1. The molecule has 0 aliphatic carbocycles. The molecule has 1 fully saturated rings. The van der Waals surface area contributed by atoms with E-state index in [9.17, 15) is 0 Å². The zero-order chi connectivity index (χ0) is 21.5. The van der Waals surface area contributed by atoms with Crippen molar-refractivity contribution in [2.45, 2.75) is 13.5 Å². The van der Waals surface area contributed by atoms with Crippen LogP contribution in [0.1, 0.15) is 12.7 Å². The molecular weight excluding hydrogens is 390 g/mol. The Kier molecular flexibility index (Phi) is 6.66. The average Bonchev–Trinajstić information content (AvgIpc) is 3.31. The lowest BCUT2D eigenvalue weighted by molar-refractivity contribution is 0.372. The topological polar surface area (TPSA) is 70.8 Å². The Labute approximate surface area is 183 Å². The van der Waals surface area contributed by atoms with Crippen LogP contribution in [0.15, 0.2) is 65.9 Å². The second-order valence-electron chi connectivity index (χ2n) is 7.30. The summed E-state index contributed by atoms with van der Waals surface area (Å²) in [5.41, 5.74) is 2.26. The van der Waals surface area contributed by atoms with Crippen LogP contribution in [-0.2, 0) is 6.54 Å². The van der Waals surface area contributed by atoms with E-state index in [0.29, 0.717) is 6.54 Å². The number of para-hydroxylation sites is 1. The molecule has 8 nitrogen and oxygen atoms in total. The van der Waals surface area contributed by atoms with Crippen molar-refractivity contribution < 1.29 is 4.74 Å². The van der Waals surface area contributed by atoms with E-state index < -0.39 is 0 Å². The minimum atomic E-state index is 0.468. The summed E-state index contributed by atoms with van der Waals surface area (Å²) in [5, 5.41) is 11.8. The molecule has 1 saturated heterocycles. The van der Waals surface area contributed by atoms with E-state index in [0.717, 1.165) is 55.9 Å². The minimum Gasteiger partial charge on any atom is -0.497 e. The van der Waals surface area contributed by atoms with Crippen molar-refractivity contribution in [3.63, 3.8) is 0 Å². The monoisotopic (exact) mass is 419 g/mol. The van der Waals surface area contributed by atoms with Crippen LogP contribution >= 0.6 is 0 Å². The molecule has 4 rings (SSSR count). The molecule has 0 amide bonds. The second-order valence-corrected chi connectivity index (χ2v) is 7.30. The number of aliphatic imine (C=N–C) groups is 1. The highest BCUT2D eigenvalue weighted by Crippen LogP contribution is 2.20. The van der Waals surface area contributed by atoms with Crippen LogP contribution in [-0.4, -0.2) is 65.5 Å². The van der Waals surface area contributed by atoms with Crippen LogP contribution in [0.4, 0.5) is 5.69 Å². The van der Waals surface area contributed by atoms with Gasteiger partial charge in [0.1, 0.15) is 18.6 Å². The van der Waals surface area contributed by atoms with E-state index in [4.69, 9.17) is 9.73 Å². The maximum atomic E-state index is 5.26. The van der Waals surface area contributed by atoms with Gasteiger partial charge in [-0.2, -0.15) is 0 Å². The van der Waals surface area contributed by atoms with Crippen molar-refractivity contribution >= 4 is 11.6 Å². The van der Waals surface area contributed by atoms with Crippen molar-refractivity contribution in [2.24, 2.45) is 4.99 Å². The van der Waals surface area contributed by atoms with Crippen LogP contribution < -0.4 is 15.0 Å². The number of benzene rings is 2. The first-order chi connectivity index (χ1) is 15.3. The Bertz CT molecular complexity index is 977. The van der Waals surface area contributed by atoms with Gasteiger partial charge in [-0.3, -0.25) is 4.57 Å². The molecule has 2 aromatic carbocycles. The molecule has 1 aliphatic heterocycles. The molecule has 0 atom stereocenters. The predicted octanol–water partition coefficient (Wildman–Crippen LogP) is 2.56. The molecule has 0 unspecified atom stereocenters. The fourth-order valence-electron chi connectivity index (χ4n) is 3.71. The first-order valence-corrected chi connectivity index (χ1v) is 10.6. The summed E-state index contributed by atoms with van der Waals surface area (Å²) >= 11 is 0. The Morgan fingerprint density at radius 1 is 1.00 bits per heavy atom. The van der Waals surface area contributed by atoms with Gasteiger partial charge in [0.05, 0.1) is 7.11 Å². The Morgan fingerprint density at radius 3 is 2.42 bits per heavy atom. The van der Waals surface area contributed by atoms with Gasteiger partial charge in [0, 0.05) is 44.1 Å². The Balaban J connectivity index is 1.41. The van der Waals surface area contributed by atoms with Gasteiger partial charge >= 0.3 is 0 Å². The lowest BCUT2D eigenvalue weighted by Gasteiger charge is -2.37. The normalized spacial score (nSPS) is 14.6. The van der Waals surface area contributed by atoms with Crippen molar-refractivity contribution in [1.29, 1.82) is 0 Å². The van der Waals surface area contributed by atoms with Gasteiger partial charge in [-0.05, 0) is 43.3 Å². The number of methoxy groups -OCH3 is 1. The van der Waals surface area contributed by atoms with Crippen molar-refractivity contribution in [3.05, 3.63) is 66.7 Å². The third-order valence-electron chi connectivity index (χ3n) is 5.37. The molecule has 2 heterocycles. The molecule has 3 aromatic rings. The highest BCUT2D eigenvalue weighted by molar-refractivity contribution is 5.80. The highest BCUT2D eigenvalue weighted by Gasteiger charge is 2.20. The van der Waals surface area contributed by atoms with Gasteiger partial charge in [0.25, 0.3) is 0 Å². The summed E-state index contributed by atoms with van der Waals surface area (Å²) in [7, 11) is 1.69. The first-order valence-electron chi connectivity index (χ1n) is 10.6. The van der Waals surface area contributed by atoms with Crippen LogP contribution in [0, 0.1) is 0 Å². The predicted molar refractivity (Wildman–Crippen MR) is 123 cm³/mol. The molecule has 1 aromatic heterocycles. The van der Waals surface area contributed by atoms with Crippen LogP contribution in [0.25, 0.3) is 5.69 Å². The summed E-state index contributed by atoms with van der Waals surface area (Å²) < 4.78 is 7.24. The van der Waals surface area contributed by atoms with Crippen molar-refractivity contribution in [3.8, 4) is 11.4 Å². The number of nitrogens with zero attached hydrogens (tertiary/aromatic N) is 6. The third-order valence-corrected chi connectivity index (χ3v) is 5.37. The summed E-state index contributed by atoms with van der Waals surface area (Å²) in [5.74, 6) is 2.62. The third kappa shape index (κ3) is 4.96. The van der Waals surface area contributed by atoms with Gasteiger partial charge in [-0.25, -0.2) is 4.99 Å². The largest absolute Gasteiger partial charge is 0.497 e. The maximum Gasteiger partial charge on any atom is 0.194 e. The molecule has 0 radical (unpaired) electrons. The molecule has 0 bridgehead atoms. The minimum absolute atomic E-state index is 0.468. The summed E-state index contributed by atoms with van der Waals surface area (Å²) in [6.45, 7) is 7.08. The number of guanidine groups is 1. The fraction of sp³-hybridized carbons (Fsp3) is 0.348. The number of piperazine rings is 1. The standard InChI is InChI=1S/C23H29N7O/c1-3-24-23(25-17-22-27-26-18-30(22)20-7-5-4-6-8-20)29-15-13-28(14-16-29)19-9-11-21(31-2)12-10-19/h4-12,18H,3,13-17H2,1-2H3,(H,24,25). The van der Waals surface area contributed by atoms with Gasteiger partial charge in [-0.15, -0.1) is 10.2 Å². The number of rotatable bonds is 6. The average molecular weight is 420 g/mol. The first kappa shape index (κ1) is 20.7. The van der Waals surface area contributed by atoms with Crippen LogP contribution in [0.2, 0.25) is 0 Å². The fourth-order valence-corrected chi connectivity index (χ4v) is 3.71. The SMILES string of the molecule is CCNC(=NCc1nncn1-c1ccccc1)N1CCN(c2ccc(OC)cc2)CC1. The number of hydrogen-bond donors (Lipinski definition) is 1. The molecule has 1 N–H and O–H groups in total. The highest BCUT2D eigenvalue weighted by atomic mass is 16.5. The summed E-state index contributed by atoms with van der Waals surface area (Å²) in [6, 6.07) is 18.4. The van der Waals surface area contributed by atoms with Gasteiger partial charge in [0.15, 0.2) is 11.8 Å². The van der Waals surface area contributed by atoms with Gasteiger partial charge < -0.3 is 19.9 Å². The van der Waals surface area contributed by atoms with Crippen molar-refractivity contribution in [1.82, 2.24) is 25.0 Å². The number of aromatic nitrogens is 3. The Hall–Kier alpha value is -3.55. The van der Waals surface area contributed by atoms with E-state index in [2.05, 4.69) is 44.4 Å². The smallest absolute Gasteiger partial charge is 0.194 e. The van der Waals surface area contributed by atoms with E-state index in [1.807, 2.05) is 47.0 Å². The molecule has 0 saturated carbocycles. The second kappa shape index (κ2) is 9.97. The Morgan fingerprint density at radius 2 is 1.74 bits per heavy atom. The summed E-state index contributed by atoms with van der Waals surface area (Å²) in [4.78, 5) is 9.57. The quantitative estimate of drug-likeness (QED) is 0.489. The molecule has 0 spiro atoms. The maximum absolute atomic E-state index is 5.26. The lowest BCUT2D eigenvalue weighted by Crippen LogP contribution is -2.52. The van der Waals surface area contributed by atoms with Crippen LogP contribution in [0.3, 0.4) is 0 Å². The molecular formula is C23H29N7O. The molecule has 162 valence electrons. The summed E-state index contributed by atoms with van der Waals surface area (Å²) in [6.07, 6.45) is 1.74. The number of hydrogen-bond acceptors (Lipinski definition) is 5. The van der Waals surface area contributed by atoms with Crippen LogP contribution in [0.5, 0.6) is 5.75 Å². The molecule has 1 aliphatic rings. The lowest BCUT2D eigenvalue weighted by atomic mass is 10.2. The van der Waals surface area contributed by atoms with Gasteiger partial charge in [-0.1, -0.05) is 18.2 Å². The van der Waals surface area contributed by atoms with E-state index >= 15 is 0 Å². The number of nitrogens with one attached hydrogen (secondary N) is 1. The van der Waals surface area contributed by atoms with Crippen molar-refractivity contribution in [2.75, 3.05) is 44.7 Å². The van der Waals surface area contributed by atoms with Gasteiger partial charge in [0.2, 0.25) is 0 Å².